The largest absolute Gasteiger partial charge is 0.301 e. The molecule has 4 nitrogen and oxygen atoms in total. The lowest BCUT2D eigenvalue weighted by Crippen LogP contribution is -2.14. The number of hydrogen-bond donors (Lipinski definition) is 1. The molecule has 6 heteroatoms. The maximum Gasteiger partial charge on any atom is 0.236 e. The van der Waals surface area contributed by atoms with Crippen molar-refractivity contribution in [2.45, 2.75) is 25.3 Å². The first kappa shape index (κ1) is 16.0. The molecule has 0 bridgehead atoms. The molecule has 2 aromatic heterocycles. The van der Waals surface area contributed by atoms with Crippen molar-refractivity contribution < 1.29 is 4.79 Å². The van der Waals surface area contributed by atoms with Crippen LogP contribution in [0.4, 0.5) is 5.13 Å². The molecule has 0 unspecified atom stereocenters. The van der Waals surface area contributed by atoms with Crippen LogP contribution in [0, 0.1) is 6.92 Å². The Balaban J connectivity index is 1.78. The van der Waals surface area contributed by atoms with Gasteiger partial charge in [0.05, 0.1) is 11.3 Å². The van der Waals surface area contributed by atoms with Crippen molar-refractivity contribution in [2.75, 3.05) is 11.1 Å². The number of aryl methyl sites for hydroxylation is 2. The van der Waals surface area contributed by atoms with Crippen molar-refractivity contribution >= 4 is 45.0 Å². The Morgan fingerprint density at radius 2 is 2.26 bits per heavy atom. The molecule has 3 rings (SSSR count). The van der Waals surface area contributed by atoms with Gasteiger partial charge in [0.2, 0.25) is 5.91 Å². The maximum absolute atomic E-state index is 12.0. The van der Waals surface area contributed by atoms with Crippen LogP contribution in [-0.2, 0) is 11.2 Å². The summed E-state index contributed by atoms with van der Waals surface area (Å²) < 4.78 is 0. The zero-order valence-electron chi connectivity index (χ0n) is 13.0. The average Bonchev–Trinajstić information content (AvgIpc) is 3.05. The SMILES string of the molecule is CCc1cc2cccc(C)c2nc1SCC(=O)Nc1nccs1. The minimum absolute atomic E-state index is 0.0568. The van der Waals surface area contributed by atoms with Gasteiger partial charge in [-0.1, -0.05) is 36.9 Å². The van der Waals surface area contributed by atoms with Gasteiger partial charge in [0, 0.05) is 17.0 Å². The van der Waals surface area contributed by atoms with E-state index in [9.17, 15) is 4.79 Å². The molecule has 0 radical (unpaired) electrons. The number of thioether (sulfide) groups is 1. The highest BCUT2D eigenvalue weighted by Gasteiger charge is 2.11. The van der Waals surface area contributed by atoms with Crippen LogP contribution in [0.5, 0.6) is 0 Å². The lowest BCUT2D eigenvalue weighted by molar-refractivity contribution is -0.113. The predicted octanol–water partition coefficient (Wildman–Crippen LogP) is 4.29. The number of carbonyl (C=O) groups is 1. The highest BCUT2D eigenvalue weighted by molar-refractivity contribution is 8.00. The number of nitrogens with zero attached hydrogens (tertiary/aromatic N) is 2. The van der Waals surface area contributed by atoms with E-state index in [2.05, 4.69) is 42.3 Å². The molecule has 118 valence electrons. The molecule has 0 aliphatic carbocycles. The molecule has 0 saturated heterocycles. The van der Waals surface area contributed by atoms with Gasteiger partial charge in [0.15, 0.2) is 5.13 Å². The van der Waals surface area contributed by atoms with Gasteiger partial charge in [0.1, 0.15) is 5.03 Å². The molecule has 1 aromatic carbocycles. The topological polar surface area (TPSA) is 54.9 Å². The van der Waals surface area contributed by atoms with Gasteiger partial charge in [0.25, 0.3) is 0 Å². The monoisotopic (exact) mass is 343 g/mol. The molecule has 0 aliphatic heterocycles. The fourth-order valence-electron chi connectivity index (χ4n) is 2.33. The number of carbonyl (C=O) groups excluding carboxylic acids is 1. The minimum Gasteiger partial charge on any atom is -0.301 e. The third kappa shape index (κ3) is 3.71. The van der Waals surface area contributed by atoms with E-state index in [0.717, 1.165) is 27.9 Å². The van der Waals surface area contributed by atoms with Crippen LogP contribution in [0.15, 0.2) is 40.9 Å². The van der Waals surface area contributed by atoms with Crippen molar-refractivity contribution in [3.63, 3.8) is 0 Å². The maximum atomic E-state index is 12.0. The summed E-state index contributed by atoms with van der Waals surface area (Å²) in [4.78, 5) is 20.9. The van der Waals surface area contributed by atoms with Crippen molar-refractivity contribution in [1.29, 1.82) is 0 Å². The number of nitrogens with one attached hydrogen (secondary N) is 1. The summed E-state index contributed by atoms with van der Waals surface area (Å²) in [6, 6.07) is 8.37. The fraction of sp³-hybridized carbons (Fsp3) is 0.235. The smallest absolute Gasteiger partial charge is 0.236 e. The van der Waals surface area contributed by atoms with E-state index >= 15 is 0 Å². The van der Waals surface area contributed by atoms with Gasteiger partial charge < -0.3 is 5.32 Å². The van der Waals surface area contributed by atoms with Crippen molar-refractivity contribution in [1.82, 2.24) is 9.97 Å². The van der Waals surface area contributed by atoms with Crippen LogP contribution >= 0.6 is 23.1 Å². The van der Waals surface area contributed by atoms with Gasteiger partial charge >= 0.3 is 0 Å². The first-order chi connectivity index (χ1) is 11.2. The predicted molar refractivity (Wildman–Crippen MR) is 97.3 cm³/mol. The van der Waals surface area contributed by atoms with E-state index in [0.29, 0.717) is 10.9 Å². The van der Waals surface area contributed by atoms with Gasteiger partial charge in [-0.15, -0.1) is 11.3 Å². The Kier molecular flexibility index (Phi) is 4.93. The Bertz CT molecular complexity index is 831. The normalized spacial score (nSPS) is 10.9. The molecule has 0 fully saturated rings. The summed E-state index contributed by atoms with van der Waals surface area (Å²) >= 11 is 2.90. The van der Waals surface area contributed by atoms with E-state index in [1.807, 2.05) is 11.4 Å². The molecule has 1 amide bonds. The molecule has 0 aliphatic rings. The van der Waals surface area contributed by atoms with Gasteiger partial charge in [-0.2, -0.15) is 0 Å². The van der Waals surface area contributed by atoms with Crippen LogP contribution in [0.2, 0.25) is 0 Å². The molecular formula is C17H17N3OS2. The molecule has 0 atom stereocenters. The van der Waals surface area contributed by atoms with E-state index in [4.69, 9.17) is 4.98 Å². The number of hydrogen-bond acceptors (Lipinski definition) is 5. The minimum atomic E-state index is -0.0568. The number of para-hydroxylation sites is 1. The fourth-order valence-corrected chi connectivity index (χ4v) is 3.76. The first-order valence-electron chi connectivity index (χ1n) is 7.38. The summed E-state index contributed by atoms with van der Waals surface area (Å²) in [6.07, 6.45) is 2.57. The highest BCUT2D eigenvalue weighted by Crippen LogP contribution is 2.27. The second-order valence-electron chi connectivity index (χ2n) is 5.13. The second-order valence-corrected chi connectivity index (χ2v) is 6.99. The summed E-state index contributed by atoms with van der Waals surface area (Å²) in [5.41, 5.74) is 3.34. The molecule has 3 aromatic rings. The third-order valence-corrected chi connectivity index (χ3v) is 5.21. The molecule has 0 spiro atoms. The Morgan fingerprint density at radius 1 is 1.39 bits per heavy atom. The van der Waals surface area contributed by atoms with Crippen molar-refractivity contribution in [3.8, 4) is 0 Å². The number of amides is 1. The second kappa shape index (κ2) is 7.10. The van der Waals surface area contributed by atoms with Gasteiger partial charge in [-0.25, -0.2) is 9.97 Å². The molecule has 1 N–H and O–H groups in total. The number of pyridine rings is 1. The number of benzene rings is 1. The van der Waals surface area contributed by atoms with Crippen LogP contribution in [-0.4, -0.2) is 21.6 Å². The highest BCUT2D eigenvalue weighted by atomic mass is 32.2. The lowest BCUT2D eigenvalue weighted by Gasteiger charge is -2.10. The summed E-state index contributed by atoms with van der Waals surface area (Å²) in [7, 11) is 0. The first-order valence-corrected chi connectivity index (χ1v) is 9.25. The van der Waals surface area contributed by atoms with Gasteiger partial charge in [-0.3, -0.25) is 4.79 Å². The number of rotatable bonds is 5. The Labute approximate surface area is 143 Å². The number of aromatic nitrogens is 2. The standard InChI is InChI=1S/C17H17N3OS2/c1-3-12-9-13-6-4-5-11(2)15(13)20-16(12)23-10-14(21)19-17-18-7-8-22-17/h4-9H,3,10H2,1-2H3,(H,18,19,21). The van der Waals surface area contributed by atoms with E-state index < -0.39 is 0 Å². The summed E-state index contributed by atoms with van der Waals surface area (Å²) in [6.45, 7) is 4.17. The molecular weight excluding hydrogens is 326 g/mol. The van der Waals surface area contributed by atoms with E-state index in [1.54, 1.807) is 6.20 Å². The van der Waals surface area contributed by atoms with Crippen LogP contribution in [0.25, 0.3) is 10.9 Å². The number of thiazole rings is 1. The van der Waals surface area contributed by atoms with Gasteiger partial charge in [-0.05, 0) is 30.5 Å². The zero-order chi connectivity index (χ0) is 16.2. The molecule has 0 saturated carbocycles. The Hall–Kier alpha value is -1.92. The third-order valence-electron chi connectivity index (χ3n) is 3.49. The van der Waals surface area contributed by atoms with E-state index in [-0.39, 0.29) is 5.91 Å². The van der Waals surface area contributed by atoms with Crippen molar-refractivity contribution in [3.05, 3.63) is 47.0 Å². The molecule has 23 heavy (non-hydrogen) atoms. The molecule has 2 heterocycles. The number of anilines is 1. The average molecular weight is 343 g/mol. The number of fused-ring (bicyclic) bond motifs is 1. The summed E-state index contributed by atoms with van der Waals surface area (Å²) in [5, 5.41) is 7.36. The summed E-state index contributed by atoms with van der Waals surface area (Å²) in [5.74, 6) is 0.274. The van der Waals surface area contributed by atoms with Crippen molar-refractivity contribution in [2.24, 2.45) is 0 Å². The van der Waals surface area contributed by atoms with E-state index in [1.165, 1.54) is 28.7 Å². The Morgan fingerprint density at radius 3 is 3.00 bits per heavy atom. The van der Waals surface area contributed by atoms with Crippen LogP contribution in [0.3, 0.4) is 0 Å². The van der Waals surface area contributed by atoms with Crippen LogP contribution < -0.4 is 5.32 Å². The van der Waals surface area contributed by atoms with Crippen LogP contribution in [0.1, 0.15) is 18.1 Å². The lowest BCUT2D eigenvalue weighted by atomic mass is 10.1. The zero-order valence-corrected chi connectivity index (χ0v) is 14.6. The quantitative estimate of drug-likeness (QED) is 0.702.